The molecule has 1 saturated heterocycles. The number of nitriles is 1. The number of anilines is 1. The van der Waals surface area contributed by atoms with Crippen LogP contribution in [-0.2, 0) is 13.6 Å². The molecular formula is C33H35F3N6O4. The number of aryl methyl sites for hydroxylation is 1. The first-order valence-corrected chi connectivity index (χ1v) is 15.1. The maximum atomic E-state index is 15.6. The Balaban J connectivity index is 1.49. The highest BCUT2D eigenvalue weighted by molar-refractivity contribution is 6.05. The molecule has 2 N–H and O–H groups in total. The SMILES string of the molecule is CC(C)Oc1cc(-c2c(F)cc(C#N)cc2C(=O)N2CC(F)(F)C2)cc(NC(=O)c2cc(CN[C@@H](C)C3CCC3)cn(C)c2=O)n1. The summed E-state index contributed by atoms with van der Waals surface area (Å²) >= 11 is 0. The minimum absolute atomic E-state index is 0.0312. The number of carbonyl (C=O) groups excluding carboxylic acids is 2. The highest BCUT2D eigenvalue weighted by Crippen LogP contribution is 2.36. The van der Waals surface area contributed by atoms with Gasteiger partial charge in [0.25, 0.3) is 23.3 Å². The number of likely N-dealkylation sites (tertiary alicyclic amines) is 1. The van der Waals surface area contributed by atoms with Crippen molar-refractivity contribution in [3.05, 3.63) is 75.0 Å². The topological polar surface area (TPSA) is 129 Å². The third-order valence-corrected chi connectivity index (χ3v) is 8.24. The van der Waals surface area contributed by atoms with Gasteiger partial charge in [0.2, 0.25) is 5.88 Å². The van der Waals surface area contributed by atoms with Crippen LogP contribution in [0.3, 0.4) is 0 Å². The monoisotopic (exact) mass is 636 g/mol. The number of carbonyl (C=O) groups is 2. The summed E-state index contributed by atoms with van der Waals surface area (Å²) in [5.41, 5.74) is -0.689. The number of nitrogens with zero attached hydrogens (tertiary/aromatic N) is 4. The fraction of sp³-hybridized carbons (Fsp3) is 0.424. The summed E-state index contributed by atoms with van der Waals surface area (Å²) in [6.07, 6.45) is 4.82. The van der Waals surface area contributed by atoms with E-state index in [1.54, 1.807) is 33.2 Å². The van der Waals surface area contributed by atoms with Gasteiger partial charge >= 0.3 is 0 Å². The lowest BCUT2D eigenvalue weighted by atomic mass is 9.80. The summed E-state index contributed by atoms with van der Waals surface area (Å²) in [4.78, 5) is 44.9. The molecule has 1 aliphatic carbocycles. The summed E-state index contributed by atoms with van der Waals surface area (Å²) in [6, 6.07) is 8.25. The number of rotatable bonds is 10. The fourth-order valence-electron chi connectivity index (χ4n) is 5.58. The van der Waals surface area contributed by atoms with Gasteiger partial charge in [-0.2, -0.15) is 10.2 Å². The van der Waals surface area contributed by atoms with Crippen LogP contribution in [0.15, 0.2) is 41.3 Å². The minimum Gasteiger partial charge on any atom is -0.475 e. The summed E-state index contributed by atoms with van der Waals surface area (Å²) in [5.74, 6) is -5.22. The Labute approximate surface area is 264 Å². The summed E-state index contributed by atoms with van der Waals surface area (Å²) < 4.78 is 49.9. The van der Waals surface area contributed by atoms with E-state index in [2.05, 4.69) is 22.5 Å². The van der Waals surface area contributed by atoms with Gasteiger partial charge in [0.1, 0.15) is 17.2 Å². The van der Waals surface area contributed by atoms with Crippen LogP contribution >= 0.6 is 0 Å². The third-order valence-electron chi connectivity index (χ3n) is 8.24. The van der Waals surface area contributed by atoms with E-state index in [9.17, 15) is 28.4 Å². The molecule has 1 atom stereocenters. The van der Waals surface area contributed by atoms with Gasteiger partial charge < -0.3 is 24.8 Å². The number of ether oxygens (including phenoxy) is 1. The van der Waals surface area contributed by atoms with Crippen LogP contribution in [0.2, 0.25) is 0 Å². The van der Waals surface area contributed by atoms with Crippen molar-refractivity contribution >= 4 is 17.6 Å². The molecule has 0 unspecified atom stereocenters. The second kappa shape index (κ2) is 13.0. The van der Waals surface area contributed by atoms with Gasteiger partial charge in [-0.3, -0.25) is 14.4 Å². The first kappa shape index (κ1) is 32.7. The predicted molar refractivity (Wildman–Crippen MR) is 164 cm³/mol. The van der Waals surface area contributed by atoms with Crippen LogP contribution in [0.5, 0.6) is 5.88 Å². The maximum absolute atomic E-state index is 15.6. The number of hydrogen-bond donors (Lipinski definition) is 2. The average molecular weight is 637 g/mol. The van der Waals surface area contributed by atoms with E-state index in [1.807, 2.05) is 0 Å². The molecule has 0 radical (unpaired) electrons. The van der Waals surface area contributed by atoms with E-state index < -0.39 is 42.2 Å². The van der Waals surface area contributed by atoms with E-state index >= 15 is 4.39 Å². The molecule has 5 rings (SSSR count). The fourth-order valence-corrected chi connectivity index (χ4v) is 5.58. The normalized spacial score (nSPS) is 16.3. The Hall–Kier alpha value is -4.70. The zero-order chi connectivity index (χ0) is 33.3. The zero-order valence-electron chi connectivity index (χ0n) is 26.0. The highest BCUT2D eigenvalue weighted by Gasteiger charge is 2.47. The zero-order valence-corrected chi connectivity index (χ0v) is 26.0. The lowest BCUT2D eigenvalue weighted by molar-refractivity contribution is -0.113. The van der Waals surface area contributed by atoms with Crippen molar-refractivity contribution in [3.8, 4) is 23.1 Å². The molecule has 0 bridgehead atoms. The molecule has 13 heteroatoms. The molecule has 242 valence electrons. The molecule has 2 fully saturated rings. The van der Waals surface area contributed by atoms with Gasteiger partial charge in [-0.15, -0.1) is 0 Å². The molecule has 2 aliphatic rings. The van der Waals surface area contributed by atoms with Gasteiger partial charge in [-0.1, -0.05) is 6.42 Å². The Bertz CT molecular complexity index is 1770. The smallest absolute Gasteiger partial charge is 0.282 e. The van der Waals surface area contributed by atoms with Gasteiger partial charge in [0, 0.05) is 37.5 Å². The van der Waals surface area contributed by atoms with Crippen molar-refractivity contribution in [2.45, 2.75) is 64.6 Å². The Morgan fingerprint density at radius 1 is 1.13 bits per heavy atom. The van der Waals surface area contributed by atoms with E-state index in [0.29, 0.717) is 12.5 Å². The van der Waals surface area contributed by atoms with Crippen molar-refractivity contribution in [2.24, 2.45) is 13.0 Å². The van der Waals surface area contributed by atoms with Gasteiger partial charge in [0.05, 0.1) is 36.4 Å². The molecular weight excluding hydrogens is 601 g/mol. The summed E-state index contributed by atoms with van der Waals surface area (Å²) in [7, 11) is 1.55. The molecule has 3 heterocycles. The number of alkyl halides is 2. The average Bonchev–Trinajstić information content (AvgIpc) is 2.93. The molecule has 3 aromatic rings. The van der Waals surface area contributed by atoms with E-state index in [0.717, 1.165) is 22.6 Å². The Kier molecular flexibility index (Phi) is 9.21. The predicted octanol–water partition coefficient (Wildman–Crippen LogP) is 4.87. The van der Waals surface area contributed by atoms with Gasteiger partial charge in [0.15, 0.2) is 0 Å². The first-order valence-electron chi connectivity index (χ1n) is 15.1. The lowest BCUT2D eigenvalue weighted by Gasteiger charge is -2.39. The van der Waals surface area contributed by atoms with Crippen LogP contribution in [0.4, 0.5) is 19.0 Å². The number of aromatic nitrogens is 2. The van der Waals surface area contributed by atoms with Crippen LogP contribution in [0.1, 0.15) is 71.9 Å². The quantitative estimate of drug-likeness (QED) is 0.325. The van der Waals surface area contributed by atoms with Crippen LogP contribution < -0.4 is 20.9 Å². The van der Waals surface area contributed by atoms with Crippen molar-refractivity contribution in [1.29, 1.82) is 5.26 Å². The van der Waals surface area contributed by atoms with Crippen molar-refractivity contribution in [1.82, 2.24) is 19.8 Å². The van der Waals surface area contributed by atoms with Gasteiger partial charge in [-0.05, 0) is 74.9 Å². The molecule has 2 amide bonds. The number of nitrogens with one attached hydrogen (secondary N) is 2. The number of pyridine rings is 2. The number of hydrogen-bond acceptors (Lipinski definition) is 7. The molecule has 1 aromatic carbocycles. The third kappa shape index (κ3) is 7.07. The maximum Gasteiger partial charge on any atom is 0.282 e. The van der Waals surface area contributed by atoms with Crippen LogP contribution in [-0.4, -0.2) is 57.4 Å². The number of benzene rings is 1. The molecule has 2 aromatic heterocycles. The molecule has 0 spiro atoms. The lowest BCUT2D eigenvalue weighted by Crippen LogP contribution is -2.58. The second-order valence-corrected chi connectivity index (χ2v) is 12.2. The largest absolute Gasteiger partial charge is 0.475 e. The van der Waals surface area contributed by atoms with Crippen molar-refractivity contribution in [2.75, 3.05) is 18.4 Å². The second-order valence-electron chi connectivity index (χ2n) is 12.2. The molecule has 10 nitrogen and oxygen atoms in total. The molecule has 1 aliphatic heterocycles. The van der Waals surface area contributed by atoms with Crippen LogP contribution in [0, 0.1) is 23.1 Å². The Morgan fingerprint density at radius 3 is 2.46 bits per heavy atom. The van der Waals surface area contributed by atoms with Crippen molar-refractivity contribution < 1.29 is 27.5 Å². The number of amides is 2. The first-order chi connectivity index (χ1) is 21.7. The van der Waals surface area contributed by atoms with E-state index in [-0.39, 0.29) is 51.7 Å². The highest BCUT2D eigenvalue weighted by atomic mass is 19.3. The summed E-state index contributed by atoms with van der Waals surface area (Å²) in [6.45, 7) is 4.33. The van der Waals surface area contributed by atoms with Crippen LogP contribution in [0.25, 0.3) is 11.1 Å². The Morgan fingerprint density at radius 2 is 1.85 bits per heavy atom. The van der Waals surface area contributed by atoms with E-state index in [4.69, 9.17) is 4.74 Å². The molecule has 1 saturated carbocycles. The van der Waals surface area contributed by atoms with E-state index in [1.165, 1.54) is 42.0 Å². The van der Waals surface area contributed by atoms with Crippen molar-refractivity contribution in [3.63, 3.8) is 0 Å². The standard InChI is InChI=1S/C33H35F3N6O4/c1-18(2)46-28-12-23(29-24(8-20(13-37)10-26(29)34)32(45)42-16-33(35,36)17-42)11-27(39-28)40-30(43)25-9-21(15-41(4)31(25)44)14-38-19(3)22-6-5-7-22/h8-12,15,18-19,22,38H,5-7,14,16-17H2,1-4H3,(H,39,40,43)/t19-/m0/s1. The molecule has 46 heavy (non-hydrogen) atoms. The van der Waals surface area contributed by atoms with Gasteiger partial charge in [-0.25, -0.2) is 13.2 Å². The summed E-state index contributed by atoms with van der Waals surface area (Å²) in [5, 5.41) is 15.5. The number of halogens is 3. The minimum atomic E-state index is -3.06.